The molecular weight excluding hydrogens is 316 g/mol. The third-order valence-corrected chi connectivity index (χ3v) is 4.87. The molecule has 3 aromatic carbocycles. The number of rotatable bonds is 4. The second kappa shape index (κ2) is 7.01. The van der Waals surface area contributed by atoms with Crippen molar-refractivity contribution < 1.29 is 0 Å². The van der Waals surface area contributed by atoms with Crippen LogP contribution >= 0.6 is 0 Å². The SMILES string of the molecule is Cc1cccc(C)c1-c1ccc(-c2nc[nH]c2Cc2ccccc2)cc1. The van der Waals surface area contributed by atoms with Crippen molar-refractivity contribution in [1.29, 1.82) is 0 Å². The third-order valence-electron chi connectivity index (χ3n) is 4.87. The Labute approximate surface area is 154 Å². The zero-order valence-corrected chi connectivity index (χ0v) is 15.2. The Morgan fingerprint density at radius 2 is 1.38 bits per heavy atom. The summed E-state index contributed by atoms with van der Waals surface area (Å²) < 4.78 is 0. The largest absolute Gasteiger partial charge is 0.348 e. The van der Waals surface area contributed by atoms with E-state index in [9.17, 15) is 0 Å². The first-order chi connectivity index (χ1) is 12.7. The molecule has 0 aliphatic rings. The fraction of sp³-hybridized carbons (Fsp3) is 0.125. The van der Waals surface area contributed by atoms with E-state index in [1.165, 1.54) is 27.8 Å². The first kappa shape index (κ1) is 16.3. The van der Waals surface area contributed by atoms with Crippen LogP contribution in [0.4, 0.5) is 0 Å². The number of imidazole rings is 1. The van der Waals surface area contributed by atoms with Crippen LogP contribution in [0.3, 0.4) is 0 Å². The van der Waals surface area contributed by atoms with Crippen molar-refractivity contribution in [2.75, 3.05) is 0 Å². The van der Waals surface area contributed by atoms with Crippen LogP contribution in [0.1, 0.15) is 22.4 Å². The van der Waals surface area contributed by atoms with E-state index in [0.717, 1.165) is 23.4 Å². The van der Waals surface area contributed by atoms with Crippen LogP contribution < -0.4 is 0 Å². The predicted molar refractivity (Wildman–Crippen MR) is 108 cm³/mol. The standard InChI is InChI=1S/C24H22N2/c1-17-7-6-8-18(2)23(17)20-11-13-21(14-12-20)24-22(25-16-26-24)15-19-9-4-3-5-10-19/h3-14,16H,15H2,1-2H3,(H,25,26). The molecule has 26 heavy (non-hydrogen) atoms. The number of nitrogens with one attached hydrogen (secondary N) is 1. The molecule has 0 saturated heterocycles. The Morgan fingerprint density at radius 3 is 2.08 bits per heavy atom. The van der Waals surface area contributed by atoms with Crippen LogP contribution in [0, 0.1) is 13.8 Å². The number of nitrogens with zero attached hydrogens (tertiary/aromatic N) is 1. The molecule has 0 unspecified atom stereocenters. The van der Waals surface area contributed by atoms with Gasteiger partial charge < -0.3 is 4.98 Å². The summed E-state index contributed by atoms with van der Waals surface area (Å²) >= 11 is 0. The minimum Gasteiger partial charge on any atom is -0.348 e. The second-order valence-corrected chi connectivity index (χ2v) is 6.74. The fourth-order valence-electron chi connectivity index (χ4n) is 3.57. The lowest BCUT2D eigenvalue weighted by Gasteiger charge is -2.11. The number of benzene rings is 3. The zero-order valence-electron chi connectivity index (χ0n) is 15.2. The van der Waals surface area contributed by atoms with Gasteiger partial charge in [0.25, 0.3) is 0 Å². The molecule has 128 valence electrons. The highest BCUT2D eigenvalue weighted by atomic mass is 14.9. The van der Waals surface area contributed by atoms with Gasteiger partial charge in [-0.1, -0.05) is 72.8 Å². The number of aromatic nitrogens is 2. The summed E-state index contributed by atoms with van der Waals surface area (Å²) in [5, 5.41) is 0. The van der Waals surface area contributed by atoms with Crippen molar-refractivity contribution in [3.05, 3.63) is 102 Å². The van der Waals surface area contributed by atoms with E-state index in [-0.39, 0.29) is 0 Å². The molecule has 1 N–H and O–H groups in total. The molecule has 1 aromatic heterocycles. The summed E-state index contributed by atoms with van der Waals surface area (Å²) in [6.07, 6.45) is 2.64. The number of aryl methyl sites for hydroxylation is 2. The summed E-state index contributed by atoms with van der Waals surface area (Å²) in [6.45, 7) is 4.34. The quantitative estimate of drug-likeness (QED) is 0.489. The molecular formula is C24H22N2. The van der Waals surface area contributed by atoms with Crippen molar-refractivity contribution in [2.45, 2.75) is 20.3 Å². The molecule has 0 aliphatic heterocycles. The summed E-state index contributed by atoms with van der Waals surface area (Å²) in [5.41, 5.74) is 9.80. The summed E-state index contributed by atoms with van der Waals surface area (Å²) in [4.78, 5) is 7.87. The first-order valence-corrected chi connectivity index (χ1v) is 8.95. The minimum atomic E-state index is 0.856. The van der Waals surface area contributed by atoms with Crippen LogP contribution in [-0.4, -0.2) is 9.97 Å². The summed E-state index contributed by atoms with van der Waals surface area (Å²) in [5.74, 6) is 0. The first-order valence-electron chi connectivity index (χ1n) is 8.95. The van der Waals surface area contributed by atoms with Gasteiger partial charge in [0, 0.05) is 17.7 Å². The lowest BCUT2D eigenvalue weighted by Crippen LogP contribution is -1.92. The normalized spacial score (nSPS) is 10.8. The van der Waals surface area contributed by atoms with E-state index in [1.54, 1.807) is 6.33 Å². The highest BCUT2D eigenvalue weighted by Crippen LogP contribution is 2.30. The second-order valence-electron chi connectivity index (χ2n) is 6.74. The Hall–Kier alpha value is -3.13. The van der Waals surface area contributed by atoms with Gasteiger partial charge in [-0.2, -0.15) is 0 Å². The Balaban J connectivity index is 1.65. The van der Waals surface area contributed by atoms with Crippen molar-refractivity contribution in [2.24, 2.45) is 0 Å². The topological polar surface area (TPSA) is 28.7 Å². The van der Waals surface area contributed by atoms with E-state index in [1.807, 2.05) is 6.07 Å². The van der Waals surface area contributed by atoms with Gasteiger partial charge in [0.2, 0.25) is 0 Å². The van der Waals surface area contributed by atoms with Crippen LogP contribution in [0.25, 0.3) is 22.4 Å². The van der Waals surface area contributed by atoms with Gasteiger partial charge in [-0.05, 0) is 41.7 Å². The molecule has 0 atom stereocenters. The maximum atomic E-state index is 4.56. The molecule has 0 aliphatic carbocycles. The molecule has 4 aromatic rings. The average molecular weight is 338 g/mol. The Bertz CT molecular complexity index is 992. The highest BCUT2D eigenvalue weighted by Gasteiger charge is 2.10. The monoisotopic (exact) mass is 338 g/mol. The fourth-order valence-corrected chi connectivity index (χ4v) is 3.57. The van der Waals surface area contributed by atoms with E-state index < -0.39 is 0 Å². The molecule has 0 spiro atoms. The van der Waals surface area contributed by atoms with Crippen molar-refractivity contribution in [3.63, 3.8) is 0 Å². The molecule has 0 saturated carbocycles. The molecule has 1 heterocycles. The average Bonchev–Trinajstić information content (AvgIpc) is 3.11. The Kier molecular flexibility index (Phi) is 4.40. The van der Waals surface area contributed by atoms with Gasteiger partial charge in [0.05, 0.1) is 12.0 Å². The van der Waals surface area contributed by atoms with Crippen LogP contribution in [0.15, 0.2) is 79.1 Å². The molecule has 0 bridgehead atoms. The predicted octanol–water partition coefficient (Wildman–Crippen LogP) is 5.95. The van der Waals surface area contributed by atoms with Crippen LogP contribution in [0.5, 0.6) is 0 Å². The van der Waals surface area contributed by atoms with Gasteiger partial charge in [-0.15, -0.1) is 0 Å². The van der Waals surface area contributed by atoms with E-state index in [2.05, 4.69) is 90.5 Å². The molecule has 0 fully saturated rings. The maximum absolute atomic E-state index is 4.56. The van der Waals surface area contributed by atoms with E-state index >= 15 is 0 Å². The van der Waals surface area contributed by atoms with Gasteiger partial charge in [-0.3, -0.25) is 0 Å². The van der Waals surface area contributed by atoms with E-state index in [4.69, 9.17) is 0 Å². The minimum absolute atomic E-state index is 0.856. The lowest BCUT2D eigenvalue weighted by molar-refractivity contribution is 1.11. The molecule has 0 radical (unpaired) electrons. The zero-order chi connectivity index (χ0) is 17.9. The number of H-pyrrole nitrogens is 1. The van der Waals surface area contributed by atoms with Crippen molar-refractivity contribution >= 4 is 0 Å². The number of aromatic amines is 1. The van der Waals surface area contributed by atoms with Gasteiger partial charge in [-0.25, -0.2) is 4.98 Å². The number of hydrogen-bond donors (Lipinski definition) is 1. The number of hydrogen-bond acceptors (Lipinski definition) is 1. The van der Waals surface area contributed by atoms with Crippen molar-refractivity contribution in [3.8, 4) is 22.4 Å². The van der Waals surface area contributed by atoms with E-state index in [0.29, 0.717) is 0 Å². The van der Waals surface area contributed by atoms with Crippen molar-refractivity contribution in [1.82, 2.24) is 9.97 Å². The van der Waals surface area contributed by atoms with Crippen LogP contribution in [-0.2, 0) is 6.42 Å². The van der Waals surface area contributed by atoms with Crippen LogP contribution in [0.2, 0.25) is 0 Å². The molecule has 2 heteroatoms. The third kappa shape index (κ3) is 3.18. The molecule has 0 amide bonds. The summed E-state index contributed by atoms with van der Waals surface area (Å²) in [6, 6.07) is 25.7. The maximum Gasteiger partial charge on any atom is 0.0929 e. The molecule has 4 rings (SSSR count). The van der Waals surface area contributed by atoms with Gasteiger partial charge in [0.1, 0.15) is 0 Å². The summed E-state index contributed by atoms with van der Waals surface area (Å²) in [7, 11) is 0. The van der Waals surface area contributed by atoms with Gasteiger partial charge in [0.15, 0.2) is 0 Å². The lowest BCUT2D eigenvalue weighted by atomic mass is 9.94. The molecule has 2 nitrogen and oxygen atoms in total. The smallest absolute Gasteiger partial charge is 0.0929 e. The Morgan fingerprint density at radius 1 is 0.731 bits per heavy atom. The van der Waals surface area contributed by atoms with Gasteiger partial charge >= 0.3 is 0 Å². The highest BCUT2D eigenvalue weighted by molar-refractivity contribution is 5.74.